The molecule has 5 heteroatoms. The zero-order chi connectivity index (χ0) is 13.7. The number of hydrogen-bond acceptors (Lipinski definition) is 4. The summed E-state index contributed by atoms with van der Waals surface area (Å²) in [4.78, 5) is 16.0. The topological polar surface area (TPSA) is 77.2 Å². The number of anilines is 1. The van der Waals surface area contributed by atoms with Crippen LogP contribution in [0.3, 0.4) is 0 Å². The van der Waals surface area contributed by atoms with Crippen LogP contribution in [0.15, 0.2) is 12.1 Å². The highest BCUT2D eigenvalue weighted by atomic mass is 16.5. The van der Waals surface area contributed by atoms with E-state index in [1.807, 2.05) is 6.92 Å². The molecule has 2 rings (SSSR count). The first kappa shape index (κ1) is 13.8. The molecule has 5 nitrogen and oxygen atoms in total. The SMILES string of the molecule is Cc1cc(C(=O)NCCC2CCCCO2)cc(N)n1. The van der Waals surface area contributed by atoms with Crippen LogP contribution in [0.5, 0.6) is 0 Å². The third kappa shape index (κ3) is 4.21. The van der Waals surface area contributed by atoms with Gasteiger partial charge in [0.1, 0.15) is 5.82 Å². The summed E-state index contributed by atoms with van der Waals surface area (Å²) in [6.07, 6.45) is 4.62. The van der Waals surface area contributed by atoms with Gasteiger partial charge in [-0.25, -0.2) is 4.98 Å². The Morgan fingerprint density at radius 3 is 3.05 bits per heavy atom. The van der Waals surface area contributed by atoms with E-state index in [2.05, 4.69) is 10.3 Å². The van der Waals surface area contributed by atoms with Crippen molar-refractivity contribution in [1.82, 2.24) is 10.3 Å². The van der Waals surface area contributed by atoms with Crippen LogP contribution in [-0.4, -0.2) is 30.1 Å². The van der Waals surface area contributed by atoms with E-state index in [9.17, 15) is 4.79 Å². The minimum atomic E-state index is -0.104. The Morgan fingerprint density at radius 1 is 1.53 bits per heavy atom. The predicted molar refractivity (Wildman–Crippen MR) is 73.9 cm³/mol. The second-order valence-electron chi connectivity index (χ2n) is 4.96. The van der Waals surface area contributed by atoms with Gasteiger partial charge in [-0.3, -0.25) is 4.79 Å². The average Bonchev–Trinajstić information content (AvgIpc) is 2.38. The highest BCUT2D eigenvalue weighted by molar-refractivity contribution is 5.94. The van der Waals surface area contributed by atoms with E-state index in [1.165, 1.54) is 6.42 Å². The van der Waals surface area contributed by atoms with E-state index < -0.39 is 0 Å². The van der Waals surface area contributed by atoms with Gasteiger partial charge in [-0.2, -0.15) is 0 Å². The van der Waals surface area contributed by atoms with Gasteiger partial charge < -0.3 is 15.8 Å². The minimum absolute atomic E-state index is 0.104. The molecule has 0 bridgehead atoms. The Bertz CT molecular complexity index is 422. The summed E-state index contributed by atoms with van der Waals surface area (Å²) < 4.78 is 5.62. The number of aryl methyl sites for hydroxylation is 1. The smallest absolute Gasteiger partial charge is 0.251 e. The van der Waals surface area contributed by atoms with Crippen LogP contribution in [-0.2, 0) is 4.74 Å². The number of hydrogen-bond donors (Lipinski definition) is 2. The van der Waals surface area contributed by atoms with Gasteiger partial charge in [-0.05, 0) is 44.7 Å². The Kier molecular flexibility index (Phi) is 4.74. The Labute approximate surface area is 113 Å². The molecule has 1 saturated heterocycles. The van der Waals surface area contributed by atoms with Crippen molar-refractivity contribution in [3.05, 3.63) is 23.4 Å². The fraction of sp³-hybridized carbons (Fsp3) is 0.571. The van der Waals surface area contributed by atoms with E-state index in [-0.39, 0.29) is 5.91 Å². The fourth-order valence-corrected chi connectivity index (χ4v) is 2.31. The number of nitrogens with zero attached hydrogens (tertiary/aromatic N) is 1. The average molecular weight is 263 g/mol. The molecule has 1 aromatic rings. The molecule has 104 valence electrons. The number of amides is 1. The molecule has 0 radical (unpaired) electrons. The molecule has 1 atom stereocenters. The van der Waals surface area contributed by atoms with Crippen LogP contribution < -0.4 is 11.1 Å². The lowest BCUT2D eigenvalue weighted by Crippen LogP contribution is -2.29. The second kappa shape index (κ2) is 6.52. The lowest BCUT2D eigenvalue weighted by atomic mass is 10.1. The first-order valence-electron chi connectivity index (χ1n) is 6.79. The van der Waals surface area contributed by atoms with Crippen molar-refractivity contribution in [2.45, 2.75) is 38.7 Å². The van der Waals surface area contributed by atoms with Crippen LogP contribution in [0, 0.1) is 6.92 Å². The van der Waals surface area contributed by atoms with Gasteiger partial charge in [-0.1, -0.05) is 0 Å². The Hall–Kier alpha value is -1.62. The maximum Gasteiger partial charge on any atom is 0.251 e. The largest absolute Gasteiger partial charge is 0.384 e. The lowest BCUT2D eigenvalue weighted by molar-refractivity contribution is 0.0117. The van der Waals surface area contributed by atoms with Gasteiger partial charge >= 0.3 is 0 Å². The predicted octanol–water partition coefficient (Wildman–Crippen LogP) is 1.66. The number of rotatable bonds is 4. The third-order valence-electron chi connectivity index (χ3n) is 3.26. The molecule has 3 N–H and O–H groups in total. The lowest BCUT2D eigenvalue weighted by Gasteiger charge is -2.22. The van der Waals surface area contributed by atoms with Gasteiger partial charge in [-0.15, -0.1) is 0 Å². The molecule has 19 heavy (non-hydrogen) atoms. The molecule has 1 fully saturated rings. The minimum Gasteiger partial charge on any atom is -0.384 e. The number of nitrogens with one attached hydrogen (secondary N) is 1. The molecule has 1 amide bonds. The Balaban J connectivity index is 1.80. The number of pyridine rings is 1. The maximum absolute atomic E-state index is 12.0. The van der Waals surface area contributed by atoms with Crippen LogP contribution in [0.2, 0.25) is 0 Å². The van der Waals surface area contributed by atoms with Gasteiger partial charge in [0.05, 0.1) is 6.10 Å². The normalized spacial score (nSPS) is 19.1. The van der Waals surface area contributed by atoms with Gasteiger partial charge in [0, 0.05) is 24.4 Å². The summed E-state index contributed by atoms with van der Waals surface area (Å²) in [5.41, 5.74) is 6.95. The molecule has 1 aliphatic heterocycles. The standard InChI is InChI=1S/C14H21N3O2/c1-10-8-11(9-13(15)17-10)14(18)16-6-5-12-4-2-3-7-19-12/h8-9,12H,2-7H2,1H3,(H2,15,17)(H,16,18). The quantitative estimate of drug-likeness (QED) is 0.866. The zero-order valence-electron chi connectivity index (χ0n) is 11.3. The molecule has 0 aliphatic carbocycles. The van der Waals surface area contributed by atoms with E-state index in [0.717, 1.165) is 31.6 Å². The summed E-state index contributed by atoms with van der Waals surface area (Å²) in [6.45, 7) is 3.30. The number of carbonyl (C=O) groups is 1. The summed E-state index contributed by atoms with van der Waals surface area (Å²) in [5.74, 6) is 0.272. The molecule has 1 unspecified atom stereocenters. The van der Waals surface area contributed by atoms with Crippen molar-refractivity contribution < 1.29 is 9.53 Å². The van der Waals surface area contributed by atoms with Crippen molar-refractivity contribution in [3.8, 4) is 0 Å². The number of aromatic nitrogens is 1. The van der Waals surface area contributed by atoms with Crippen LogP contribution in [0.4, 0.5) is 5.82 Å². The Morgan fingerprint density at radius 2 is 2.37 bits per heavy atom. The van der Waals surface area contributed by atoms with Gasteiger partial charge in [0.15, 0.2) is 0 Å². The second-order valence-corrected chi connectivity index (χ2v) is 4.96. The van der Waals surface area contributed by atoms with Crippen molar-refractivity contribution in [1.29, 1.82) is 0 Å². The number of carbonyl (C=O) groups excluding carboxylic acids is 1. The van der Waals surface area contributed by atoms with Gasteiger partial charge in [0.25, 0.3) is 5.91 Å². The maximum atomic E-state index is 12.0. The number of ether oxygens (including phenoxy) is 1. The summed E-state index contributed by atoms with van der Waals surface area (Å²) in [5, 5.41) is 2.90. The van der Waals surface area contributed by atoms with Crippen molar-refractivity contribution in [2.75, 3.05) is 18.9 Å². The summed E-state index contributed by atoms with van der Waals surface area (Å²) in [6, 6.07) is 3.34. The first-order valence-corrected chi connectivity index (χ1v) is 6.79. The molecule has 1 aromatic heterocycles. The molecule has 1 aliphatic rings. The number of nitrogen functional groups attached to an aromatic ring is 1. The fourth-order valence-electron chi connectivity index (χ4n) is 2.31. The van der Waals surface area contributed by atoms with Crippen LogP contribution in [0.1, 0.15) is 41.7 Å². The van der Waals surface area contributed by atoms with E-state index in [4.69, 9.17) is 10.5 Å². The van der Waals surface area contributed by atoms with Crippen molar-refractivity contribution in [2.24, 2.45) is 0 Å². The van der Waals surface area contributed by atoms with Gasteiger partial charge in [0.2, 0.25) is 0 Å². The molecule has 2 heterocycles. The van der Waals surface area contributed by atoms with E-state index in [1.54, 1.807) is 12.1 Å². The number of nitrogens with two attached hydrogens (primary N) is 1. The van der Waals surface area contributed by atoms with Crippen molar-refractivity contribution in [3.63, 3.8) is 0 Å². The van der Waals surface area contributed by atoms with Crippen LogP contribution >= 0.6 is 0 Å². The molecule has 0 aromatic carbocycles. The van der Waals surface area contributed by atoms with E-state index in [0.29, 0.717) is 24.0 Å². The van der Waals surface area contributed by atoms with Crippen LogP contribution in [0.25, 0.3) is 0 Å². The monoisotopic (exact) mass is 263 g/mol. The highest BCUT2D eigenvalue weighted by Gasteiger charge is 2.14. The zero-order valence-corrected chi connectivity index (χ0v) is 11.3. The third-order valence-corrected chi connectivity index (χ3v) is 3.26. The molecule has 0 saturated carbocycles. The van der Waals surface area contributed by atoms with Crippen molar-refractivity contribution >= 4 is 11.7 Å². The summed E-state index contributed by atoms with van der Waals surface area (Å²) in [7, 11) is 0. The highest BCUT2D eigenvalue weighted by Crippen LogP contribution is 2.15. The molecular formula is C14H21N3O2. The van der Waals surface area contributed by atoms with E-state index >= 15 is 0 Å². The molecular weight excluding hydrogens is 242 g/mol. The first-order chi connectivity index (χ1) is 9.15. The summed E-state index contributed by atoms with van der Waals surface area (Å²) >= 11 is 0. The molecule has 0 spiro atoms.